The fraction of sp³-hybridized carbons (Fsp3) is 0.0333. The number of anilines is 2. The number of nitrogens with zero attached hydrogens (tertiary/aromatic N) is 1. The number of rotatable bonds is 10. The van der Waals surface area contributed by atoms with E-state index in [2.05, 4.69) is 20.9 Å². The lowest BCUT2D eigenvalue weighted by Crippen LogP contribution is -2.30. The van der Waals surface area contributed by atoms with Gasteiger partial charge in [0.1, 0.15) is 5.70 Å². The highest BCUT2D eigenvalue weighted by Crippen LogP contribution is 2.23. The molecule has 0 unspecified atom stereocenters. The number of pyridine rings is 1. The number of para-hydroxylation sites is 1. The number of amides is 4. The maximum absolute atomic E-state index is 13.2. The summed E-state index contributed by atoms with van der Waals surface area (Å²) in [5.41, 5.74) is 7.48. The Bertz CT molecular complexity index is 1560. The molecule has 1 aromatic heterocycles. The third-order valence-corrected chi connectivity index (χ3v) is 6.45. The zero-order valence-electron chi connectivity index (χ0n) is 21.2. The monoisotopic (exact) mass is 551 g/mol. The molecule has 5 N–H and O–H groups in total. The minimum atomic E-state index is -0.635. The molecule has 0 radical (unpaired) electrons. The Balaban J connectivity index is 1.43. The SMILES string of the molecule is NC(=O)c1ccccc1NC(=O)CSc1cccc(NC(=O)/C(=C\c2cccnc2)NC(=O)c2ccccc2)c1. The van der Waals surface area contributed by atoms with Gasteiger partial charge in [0, 0.05) is 28.5 Å². The summed E-state index contributed by atoms with van der Waals surface area (Å²) in [4.78, 5) is 54.9. The molecule has 9 nitrogen and oxygen atoms in total. The molecule has 0 atom stereocenters. The second kappa shape index (κ2) is 13.5. The number of thioether (sulfide) groups is 1. The average molecular weight is 552 g/mol. The summed E-state index contributed by atoms with van der Waals surface area (Å²) in [6.07, 6.45) is 4.72. The maximum atomic E-state index is 13.2. The second-order valence-corrected chi connectivity index (χ2v) is 9.44. The number of primary amides is 1. The Labute approximate surface area is 234 Å². The summed E-state index contributed by atoms with van der Waals surface area (Å²) in [7, 11) is 0. The van der Waals surface area contributed by atoms with Gasteiger partial charge in [0.2, 0.25) is 5.91 Å². The number of carbonyl (C=O) groups is 4. The molecular weight excluding hydrogens is 526 g/mol. The highest BCUT2D eigenvalue weighted by atomic mass is 32.2. The summed E-state index contributed by atoms with van der Waals surface area (Å²) < 4.78 is 0. The number of benzene rings is 3. The van der Waals surface area contributed by atoms with E-state index in [0.717, 1.165) is 4.90 Å². The summed E-state index contributed by atoms with van der Waals surface area (Å²) >= 11 is 1.25. The van der Waals surface area contributed by atoms with Crippen molar-refractivity contribution in [1.82, 2.24) is 10.3 Å². The van der Waals surface area contributed by atoms with Crippen molar-refractivity contribution in [3.8, 4) is 0 Å². The van der Waals surface area contributed by atoms with Crippen molar-refractivity contribution in [2.45, 2.75) is 4.90 Å². The molecule has 10 heteroatoms. The van der Waals surface area contributed by atoms with E-state index in [-0.39, 0.29) is 22.9 Å². The van der Waals surface area contributed by atoms with E-state index >= 15 is 0 Å². The third kappa shape index (κ3) is 7.89. The van der Waals surface area contributed by atoms with Crippen LogP contribution < -0.4 is 21.7 Å². The van der Waals surface area contributed by atoms with Crippen molar-refractivity contribution >= 4 is 52.8 Å². The van der Waals surface area contributed by atoms with Gasteiger partial charge < -0.3 is 21.7 Å². The summed E-state index contributed by atoms with van der Waals surface area (Å²) in [5.74, 6) is -1.86. The van der Waals surface area contributed by atoms with Gasteiger partial charge in [-0.2, -0.15) is 0 Å². The van der Waals surface area contributed by atoms with Gasteiger partial charge in [-0.05, 0) is 60.2 Å². The van der Waals surface area contributed by atoms with Crippen molar-refractivity contribution < 1.29 is 19.2 Å². The van der Waals surface area contributed by atoms with Crippen LogP contribution in [0, 0.1) is 0 Å². The van der Waals surface area contributed by atoms with E-state index in [1.54, 1.807) is 97.3 Å². The van der Waals surface area contributed by atoms with Gasteiger partial charge in [0.25, 0.3) is 17.7 Å². The van der Waals surface area contributed by atoms with Gasteiger partial charge in [0.15, 0.2) is 0 Å². The van der Waals surface area contributed by atoms with Crippen LogP contribution in [0.2, 0.25) is 0 Å². The average Bonchev–Trinajstić information content (AvgIpc) is 2.97. The van der Waals surface area contributed by atoms with E-state index in [1.165, 1.54) is 23.9 Å². The number of nitrogens with one attached hydrogen (secondary N) is 3. The van der Waals surface area contributed by atoms with Crippen molar-refractivity contribution in [2.75, 3.05) is 16.4 Å². The van der Waals surface area contributed by atoms with Gasteiger partial charge in [-0.15, -0.1) is 11.8 Å². The molecule has 4 rings (SSSR count). The lowest BCUT2D eigenvalue weighted by atomic mass is 10.1. The number of nitrogens with two attached hydrogens (primary N) is 1. The minimum absolute atomic E-state index is 0.0346. The summed E-state index contributed by atoms with van der Waals surface area (Å²) in [5, 5.41) is 8.18. The van der Waals surface area contributed by atoms with Gasteiger partial charge in [-0.25, -0.2) is 0 Å². The van der Waals surface area contributed by atoms with E-state index < -0.39 is 17.7 Å². The Morgan fingerprint density at radius 2 is 1.62 bits per heavy atom. The van der Waals surface area contributed by atoms with Crippen LogP contribution in [0.3, 0.4) is 0 Å². The first kappa shape index (κ1) is 27.8. The lowest BCUT2D eigenvalue weighted by Gasteiger charge is -2.12. The number of carbonyl (C=O) groups excluding carboxylic acids is 4. The summed E-state index contributed by atoms with van der Waals surface area (Å²) in [6.45, 7) is 0. The molecule has 0 saturated carbocycles. The standard InChI is InChI=1S/C30H25N5O4S/c31-28(37)24-13-4-5-14-25(24)34-27(36)19-40-23-12-6-11-22(17-23)33-30(39)26(16-20-8-7-15-32-18-20)35-29(38)21-9-2-1-3-10-21/h1-18H,19H2,(H2,31,37)(H,33,39)(H,34,36)(H,35,38)/b26-16+. The lowest BCUT2D eigenvalue weighted by molar-refractivity contribution is -0.114. The predicted molar refractivity (Wildman–Crippen MR) is 156 cm³/mol. The zero-order chi connectivity index (χ0) is 28.3. The first-order valence-corrected chi connectivity index (χ1v) is 13.1. The molecule has 40 heavy (non-hydrogen) atoms. The van der Waals surface area contributed by atoms with Crippen LogP contribution in [0.5, 0.6) is 0 Å². The summed E-state index contributed by atoms with van der Waals surface area (Å²) in [6, 6.07) is 25.5. The van der Waals surface area contributed by atoms with Crippen molar-refractivity contribution in [3.63, 3.8) is 0 Å². The Kier molecular flexibility index (Phi) is 9.41. The molecule has 200 valence electrons. The molecular formula is C30H25N5O4S. The molecule has 1 heterocycles. The predicted octanol–water partition coefficient (Wildman–Crippen LogP) is 4.32. The molecule has 0 aliphatic heterocycles. The highest BCUT2D eigenvalue weighted by molar-refractivity contribution is 8.00. The van der Waals surface area contributed by atoms with E-state index in [4.69, 9.17) is 5.73 Å². The van der Waals surface area contributed by atoms with E-state index in [1.807, 2.05) is 0 Å². The molecule has 3 aromatic carbocycles. The fourth-order valence-corrected chi connectivity index (χ4v) is 4.33. The Morgan fingerprint density at radius 3 is 2.38 bits per heavy atom. The largest absolute Gasteiger partial charge is 0.366 e. The number of aromatic nitrogens is 1. The van der Waals surface area contributed by atoms with Crippen molar-refractivity contribution in [2.24, 2.45) is 5.73 Å². The van der Waals surface area contributed by atoms with Gasteiger partial charge in [0.05, 0.1) is 17.0 Å². The number of hydrogen-bond acceptors (Lipinski definition) is 6. The molecule has 0 fully saturated rings. The Morgan fingerprint density at radius 1 is 0.850 bits per heavy atom. The fourth-order valence-electron chi connectivity index (χ4n) is 3.57. The van der Waals surface area contributed by atoms with Crippen LogP contribution >= 0.6 is 11.8 Å². The first-order valence-electron chi connectivity index (χ1n) is 12.1. The quantitative estimate of drug-likeness (QED) is 0.171. The van der Waals surface area contributed by atoms with Crippen LogP contribution in [0.1, 0.15) is 26.3 Å². The highest BCUT2D eigenvalue weighted by Gasteiger charge is 2.16. The van der Waals surface area contributed by atoms with Gasteiger partial charge in [-0.3, -0.25) is 24.2 Å². The normalized spacial score (nSPS) is 10.8. The molecule has 0 saturated heterocycles. The molecule has 4 aromatic rings. The van der Waals surface area contributed by atoms with Crippen molar-refractivity contribution in [1.29, 1.82) is 0 Å². The zero-order valence-corrected chi connectivity index (χ0v) is 22.0. The number of hydrogen-bond donors (Lipinski definition) is 4. The van der Waals surface area contributed by atoms with Crippen LogP contribution in [-0.4, -0.2) is 34.4 Å². The molecule has 0 bridgehead atoms. The molecule has 0 aliphatic rings. The topological polar surface area (TPSA) is 143 Å². The minimum Gasteiger partial charge on any atom is -0.366 e. The van der Waals surface area contributed by atoms with Crippen LogP contribution in [0.4, 0.5) is 11.4 Å². The van der Waals surface area contributed by atoms with Crippen LogP contribution in [0.25, 0.3) is 6.08 Å². The Hall–Kier alpha value is -5.22. The van der Waals surface area contributed by atoms with Gasteiger partial charge >= 0.3 is 0 Å². The first-order chi connectivity index (χ1) is 19.4. The third-order valence-electron chi connectivity index (χ3n) is 5.45. The smallest absolute Gasteiger partial charge is 0.272 e. The van der Waals surface area contributed by atoms with E-state index in [9.17, 15) is 19.2 Å². The van der Waals surface area contributed by atoms with E-state index in [0.29, 0.717) is 22.5 Å². The maximum Gasteiger partial charge on any atom is 0.272 e. The molecule has 0 spiro atoms. The van der Waals surface area contributed by atoms with Crippen LogP contribution in [0.15, 0.2) is 114 Å². The van der Waals surface area contributed by atoms with Gasteiger partial charge in [-0.1, -0.05) is 42.5 Å². The molecule has 4 amide bonds. The van der Waals surface area contributed by atoms with Crippen molar-refractivity contribution in [3.05, 3.63) is 126 Å². The molecule has 0 aliphatic carbocycles. The van der Waals surface area contributed by atoms with Crippen LogP contribution in [-0.2, 0) is 9.59 Å². The second-order valence-electron chi connectivity index (χ2n) is 8.39.